The molecule has 0 fully saturated rings. The highest BCUT2D eigenvalue weighted by atomic mass is 32.1. The van der Waals surface area contributed by atoms with Crippen molar-refractivity contribution >= 4 is 23.1 Å². The average molecular weight is 238 g/mol. The number of amides is 1. The molecular formula is C10H14N4OS. The molecule has 0 aliphatic rings. The van der Waals surface area contributed by atoms with Gasteiger partial charge in [-0.05, 0) is 6.42 Å². The summed E-state index contributed by atoms with van der Waals surface area (Å²) in [6.07, 6.45) is 5.28. The van der Waals surface area contributed by atoms with Crippen molar-refractivity contribution in [2.45, 2.75) is 13.3 Å². The zero-order valence-electron chi connectivity index (χ0n) is 9.09. The lowest BCUT2D eigenvalue weighted by Crippen LogP contribution is -2.38. The highest BCUT2D eigenvalue weighted by Gasteiger charge is 2.16. The van der Waals surface area contributed by atoms with E-state index in [4.69, 9.17) is 18.0 Å². The molecule has 6 heteroatoms. The molecule has 5 nitrogen and oxygen atoms in total. The summed E-state index contributed by atoms with van der Waals surface area (Å²) in [6.45, 7) is 2.86. The lowest BCUT2D eigenvalue weighted by atomic mass is 10.3. The molecule has 0 aliphatic carbocycles. The van der Waals surface area contributed by atoms with Gasteiger partial charge >= 0.3 is 0 Å². The van der Waals surface area contributed by atoms with Crippen LogP contribution in [0.1, 0.15) is 23.8 Å². The van der Waals surface area contributed by atoms with Crippen LogP contribution < -0.4 is 5.73 Å². The van der Waals surface area contributed by atoms with Crippen LogP contribution in [0, 0.1) is 0 Å². The van der Waals surface area contributed by atoms with Gasteiger partial charge in [0.2, 0.25) is 0 Å². The van der Waals surface area contributed by atoms with Crippen molar-refractivity contribution in [1.29, 1.82) is 0 Å². The number of aromatic nitrogens is 2. The number of nitrogens with two attached hydrogens (primary N) is 1. The Hall–Kier alpha value is -1.56. The second-order valence-electron chi connectivity index (χ2n) is 3.28. The van der Waals surface area contributed by atoms with E-state index in [0.29, 0.717) is 17.2 Å². The number of rotatable bonds is 5. The van der Waals surface area contributed by atoms with E-state index in [1.54, 1.807) is 4.90 Å². The standard InChI is InChI=1S/C10H14N4OS/c1-2-5-14(7-9(11)16)10(15)8-6-12-3-4-13-8/h3-4,6H,2,5,7H2,1H3,(H2,11,16). The van der Waals surface area contributed by atoms with E-state index in [1.807, 2.05) is 6.92 Å². The minimum absolute atomic E-state index is 0.192. The van der Waals surface area contributed by atoms with E-state index in [1.165, 1.54) is 18.6 Å². The zero-order valence-corrected chi connectivity index (χ0v) is 9.91. The molecule has 0 radical (unpaired) electrons. The van der Waals surface area contributed by atoms with Crippen LogP contribution >= 0.6 is 12.2 Å². The third-order valence-electron chi connectivity index (χ3n) is 1.91. The Labute approximate surface area is 99.7 Å². The maximum atomic E-state index is 12.0. The Morgan fingerprint density at radius 1 is 1.56 bits per heavy atom. The van der Waals surface area contributed by atoms with Gasteiger partial charge in [-0.25, -0.2) is 4.98 Å². The van der Waals surface area contributed by atoms with Gasteiger partial charge in [0.05, 0.1) is 17.7 Å². The molecule has 1 aromatic heterocycles. The Bertz CT molecular complexity index is 368. The van der Waals surface area contributed by atoms with Crippen molar-refractivity contribution in [2.75, 3.05) is 13.1 Å². The highest BCUT2D eigenvalue weighted by Crippen LogP contribution is 2.01. The van der Waals surface area contributed by atoms with Crippen molar-refractivity contribution < 1.29 is 4.79 Å². The van der Waals surface area contributed by atoms with Crippen LogP contribution in [0.25, 0.3) is 0 Å². The molecule has 16 heavy (non-hydrogen) atoms. The predicted molar refractivity (Wildman–Crippen MR) is 65.0 cm³/mol. The molecular weight excluding hydrogens is 224 g/mol. The number of hydrogen-bond donors (Lipinski definition) is 1. The number of thiocarbonyl (C=S) groups is 1. The second kappa shape index (κ2) is 6.12. The van der Waals surface area contributed by atoms with Gasteiger partial charge in [-0.15, -0.1) is 0 Å². The fraction of sp³-hybridized carbons (Fsp3) is 0.400. The van der Waals surface area contributed by atoms with Crippen LogP contribution in [-0.2, 0) is 0 Å². The molecule has 0 spiro atoms. The molecule has 0 aliphatic heterocycles. The molecule has 0 unspecified atom stereocenters. The predicted octanol–water partition coefficient (Wildman–Crippen LogP) is 0.615. The number of hydrogen-bond acceptors (Lipinski definition) is 4. The van der Waals surface area contributed by atoms with E-state index < -0.39 is 0 Å². The Balaban J connectivity index is 2.78. The minimum atomic E-state index is -0.192. The first-order valence-electron chi connectivity index (χ1n) is 4.98. The fourth-order valence-corrected chi connectivity index (χ4v) is 1.44. The van der Waals surface area contributed by atoms with Gasteiger partial charge in [-0.1, -0.05) is 19.1 Å². The monoisotopic (exact) mass is 238 g/mol. The third kappa shape index (κ3) is 3.54. The number of nitrogens with zero attached hydrogens (tertiary/aromatic N) is 3. The summed E-state index contributed by atoms with van der Waals surface area (Å²) in [6, 6.07) is 0. The normalized spacial score (nSPS) is 9.81. The maximum Gasteiger partial charge on any atom is 0.274 e. The molecule has 1 heterocycles. The van der Waals surface area contributed by atoms with Crippen LogP contribution in [0.4, 0.5) is 0 Å². The minimum Gasteiger partial charge on any atom is -0.392 e. The molecule has 1 rings (SSSR count). The lowest BCUT2D eigenvalue weighted by Gasteiger charge is -2.20. The number of carbonyl (C=O) groups is 1. The summed E-state index contributed by atoms with van der Waals surface area (Å²) >= 11 is 4.80. The second-order valence-corrected chi connectivity index (χ2v) is 3.81. The first-order valence-corrected chi connectivity index (χ1v) is 5.39. The summed E-state index contributed by atoms with van der Waals surface area (Å²) in [4.78, 5) is 21.7. The van der Waals surface area contributed by atoms with Crippen molar-refractivity contribution in [3.8, 4) is 0 Å². The average Bonchev–Trinajstić information content (AvgIpc) is 2.28. The van der Waals surface area contributed by atoms with Crippen molar-refractivity contribution in [2.24, 2.45) is 5.73 Å². The number of carbonyl (C=O) groups excluding carboxylic acids is 1. The Kier molecular flexibility index (Phi) is 4.78. The van der Waals surface area contributed by atoms with Crippen molar-refractivity contribution in [1.82, 2.24) is 14.9 Å². The van der Waals surface area contributed by atoms with Crippen LogP contribution in [-0.4, -0.2) is 38.9 Å². The molecule has 0 bridgehead atoms. The third-order valence-corrected chi connectivity index (χ3v) is 2.04. The molecule has 86 valence electrons. The molecule has 1 amide bonds. The highest BCUT2D eigenvalue weighted by molar-refractivity contribution is 7.80. The van der Waals surface area contributed by atoms with Gasteiger partial charge < -0.3 is 10.6 Å². The van der Waals surface area contributed by atoms with Gasteiger partial charge in [0.1, 0.15) is 5.69 Å². The lowest BCUT2D eigenvalue weighted by molar-refractivity contribution is 0.0773. The summed E-state index contributed by atoms with van der Waals surface area (Å²) < 4.78 is 0. The van der Waals surface area contributed by atoms with Crippen LogP contribution in [0.5, 0.6) is 0 Å². The molecule has 2 N–H and O–H groups in total. The van der Waals surface area contributed by atoms with E-state index in [2.05, 4.69) is 9.97 Å². The largest absolute Gasteiger partial charge is 0.392 e. The zero-order chi connectivity index (χ0) is 12.0. The van der Waals surface area contributed by atoms with Gasteiger partial charge in [-0.3, -0.25) is 9.78 Å². The Morgan fingerprint density at radius 3 is 2.81 bits per heavy atom. The topological polar surface area (TPSA) is 72.1 Å². The molecule has 0 saturated heterocycles. The van der Waals surface area contributed by atoms with Gasteiger partial charge in [0, 0.05) is 18.9 Å². The SMILES string of the molecule is CCCN(CC(N)=S)C(=O)c1cnccn1. The fourth-order valence-electron chi connectivity index (χ4n) is 1.28. The van der Waals surface area contributed by atoms with E-state index >= 15 is 0 Å². The molecule has 1 aromatic rings. The van der Waals surface area contributed by atoms with E-state index in [9.17, 15) is 4.79 Å². The summed E-state index contributed by atoms with van der Waals surface area (Å²) in [7, 11) is 0. The summed E-state index contributed by atoms with van der Waals surface area (Å²) in [5.41, 5.74) is 5.75. The van der Waals surface area contributed by atoms with Gasteiger partial charge in [0.15, 0.2) is 0 Å². The van der Waals surface area contributed by atoms with Crippen molar-refractivity contribution in [3.05, 3.63) is 24.3 Å². The molecule has 0 aromatic carbocycles. The summed E-state index contributed by atoms with van der Waals surface area (Å²) in [5.74, 6) is -0.192. The van der Waals surface area contributed by atoms with Crippen molar-refractivity contribution in [3.63, 3.8) is 0 Å². The maximum absolute atomic E-state index is 12.0. The Morgan fingerprint density at radius 2 is 2.31 bits per heavy atom. The molecule has 0 atom stereocenters. The van der Waals surface area contributed by atoms with Gasteiger partial charge in [0.25, 0.3) is 5.91 Å². The van der Waals surface area contributed by atoms with Crippen LogP contribution in [0.15, 0.2) is 18.6 Å². The first-order chi connectivity index (χ1) is 7.65. The van der Waals surface area contributed by atoms with Crippen LogP contribution in [0.3, 0.4) is 0 Å². The summed E-state index contributed by atoms with van der Waals surface area (Å²) in [5, 5.41) is 0. The quantitative estimate of drug-likeness (QED) is 0.761. The smallest absolute Gasteiger partial charge is 0.274 e. The van der Waals surface area contributed by atoms with Gasteiger partial charge in [-0.2, -0.15) is 0 Å². The first kappa shape index (κ1) is 12.5. The van der Waals surface area contributed by atoms with E-state index in [-0.39, 0.29) is 12.5 Å². The van der Waals surface area contributed by atoms with E-state index in [0.717, 1.165) is 6.42 Å². The molecule has 0 saturated carbocycles. The van der Waals surface area contributed by atoms with Crippen LogP contribution in [0.2, 0.25) is 0 Å².